The zero-order chi connectivity index (χ0) is 14.0. The molecule has 0 aromatic heterocycles. The Balaban J connectivity index is 0.00000200. The fourth-order valence-corrected chi connectivity index (χ4v) is 3.95. The predicted octanol–water partition coefficient (Wildman–Crippen LogP) is 1.27. The summed E-state index contributed by atoms with van der Waals surface area (Å²) < 4.78 is 26.6. The Bertz CT molecular complexity index is 625. The van der Waals surface area contributed by atoms with Crippen LogP contribution in [0.4, 0.5) is 0 Å². The van der Waals surface area contributed by atoms with Gasteiger partial charge >= 0.3 is 0 Å². The summed E-state index contributed by atoms with van der Waals surface area (Å²) >= 11 is 0. The average molecular weight is 316 g/mol. The molecular formula is C13H18ClN3O2S. The number of nitrogens with one attached hydrogen (secondary N) is 1. The lowest BCUT2D eigenvalue weighted by molar-refractivity contribution is 0.284. The van der Waals surface area contributed by atoms with Gasteiger partial charge in [-0.3, -0.25) is 0 Å². The number of halogens is 1. The highest BCUT2D eigenvalue weighted by Crippen LogP contribution is 2.21. The maximum Gasteiger partial charge on any atom is 0.243 e. The quantitative estimate of drug-likeness (QED) is 0.892. The van der Waals surface area contributed by atoms with E-state index in [1.54, 1.807) is 19.1 Å². The monoisotopic (exact) mass is 315 g/mol. The van der Waals surface area contributed by atoms with Crippen LogP contribution >= 0.6 is 12.4 Å². The smallest absolute Gasteiger partial charge is 0.243 e. The van der Waals surface area contributed by atoms with Crippen molar-refractivity contribution in [2.45, 2.75) is 24.8 Å². The van der Waals surface area contributed by atoms with Crippen molar-refractivity contribution in [2.75, 3.05) is 19.6 Å². The van der Waals surface area contributed by atoms with Crippen LogP contribution in [0.5, 0.6) is 0 Å². The molecule has 1 N–H and O–H groups in total. The number of piperazine rings is 1. The lowest BCUT2D eigenvalue weighted by Gasteiger charge is -2.32. The van der Waals surface area contributed by atoms with E-state index in [2.05, 4.69) is 5.32 Å². The Morgan fingerprint density at radius 3 is 2.70 bits per heavy atom. The molecule has 1 aromatic carbocycles. The molecule has 0 saturated carbocycles. The zero-order valence-corrected chi connectivity index (χ0v) is 13.1. The zero-order valence-electron chi connectivity index (χ0n) is 11.5. The van der Waals surface area contributed by atoms with Gasteiger partial charge in [0.05, 0.1) is 16.5 Å². The minimum Gasteiger partial charge on any atom is -0.314 e. The summed E-state index contributed by atoms with van der Waals surface area (Å²) in [6.07, 6.45) is 0. The Morgan fingerprint density at radius 2 is 2.15 bits per heavy atom. The fourth-order valence-electron chi connectivity index (χ4n) is 2.24. The Morgan fingerprint density at radius 1 is 1.45 bits per heavy atom. The number of nitrogens with zero attached hydrogens (tertiary/aromatic N) is 2. The number of sulfonamides is 1. The second-order valence-electron chi connectivity index (χ2n) is 4.76. The first-order valence-electron chi connectivity index (χ1n) is 6.20. The maximum atomic E-state index is 12.6. The predicted molar refractivity (Wildman–Crippen MR) is 79.4 cm³/mol. The lowest BCUT2D eigenvalue weighted by Crippen LogP contribution is -2.52. The van der Waals surface area contributed by atoms with Gasteiger partial charge in [-0.15, -0.1) is 12.4 Å². The van der Waals surface area contributed by atoms with E-state index >= 15 is 0 Å². The number of rotatable bonds is 2. The third-order valence-electron chi connectivity index (χ3n) is 3.37. The molecule has 1 aliphatic heterocycles. The minimum absolute atomic E-state index is 0. The van der Waals surface area contributed by atoms with Gasteiger partial charge in [-0.05, 0) is 37.6 Å². The van der Waals surface area contributed by atoms with Crippen LogP contribution in [0.25, 0.3) is 0 Å². The first-order valence-corrected chi connectivity index (χ1v) is 7.64. The van der Waals surface area contributed by atoms with Crippen molar-refractivity contribution >= 4 is 22.4 Å². The molecule has 110 valence electrons. The van der Waals surface area contributed by atoms with Crippen molar-refractivity contribution < 1.29 is 8.42 Å². The molecule has 0 spiro atoms. The SMILES string of the molecule is Cc1cc(S(=O)(=O)N2CCNC[C@H]2C)ccc1C#N.Cl. The van der Waals surface area contributed by atoms with Gasteiger partial charge in [0, 0.05) is 25.7 Å². The molecule has 7 heteroatoms. The summed E-state index contributed by atoms with van der Waals surface area (Å²) in [5, 5.41) is 12.1. The van der Waals surface area contributed by atoms with E-state index in [0.717, 1.165) is 0 Å². The van der Waals surface area contributed by atoms with Gasteiger partial charge in [0.2, 0.25) is 10.0 Å². The van der Waals surface area contributed by atoms with Crippen molar-refractivity contribution in [1.29, 1.82) is 5.26 Å². The number of nitriles is 1. The largest absolute Gasteiger partial charge is 0.314 e. The molecule has 1 aliphatic rings. The number of hydrogen-bond acceptors (Lipinski definition) is 4. The Kier molecular flexibility index (Phi) is 5.54. The van der Waals surface area contributed by atoms with Gasteiger partial charge in [0.25, 0.3) is 0 Å². The summed E-state index contributed by atoms with van der Waals surface area (Å²) in [4.78, 5) is 0.262. The summed E-state index contributed by atoms with van der Waals surface area (Å²) in [7, 11) is -3.47. The number of hydrogen-bond donors (Lipinski definition) is 1. The van der Waals surface area contributed by atoms with E-state index in [9.17, 15) is 8.42 Å². The maximum absolute atomic E-state index is 12.6. The molecule has 1 heterocycles. The van der Waals surface area contributed by atoms with Crippen LogP contribution in [0.1, 0.15) is 18.1 Å². The fraction of sp³-hybridized carbons (Fsp3) is 0.462. The molecule has 0 aliphatic carbocycles. The summed E-state index contributed by atoms with van der Waals surface area (Å²) in [5.41, 5.74) is 1.19. The van der Waals surface area contributed by atoms with Crippen LogP contribution in [0.3, 0.4) is 0 Å². The molecule has 2 rings (SSSR count). The molecule has 1 atom stereocenters. The van der Waals surface area contributed by atoms with Crippen LogP contribution in [-0.2, 0) is 10.0 Å². The van der Waals surface area contributed by atoms with Crippen LogP contribution in [0.15, 0.2) is 23.1 Å². The lowest BCUT2D eigenvalue weighted by atomic mass is 10.1. The normalized spacial score (nSPS) is 19.9. The van der Waals surface area contributed by atoms with Crippen molar-refractivity contribution in [2.24, 2.45) is 0 Å². The van der Waals surface area contributed by atoms with Gasteiger partial charge in [-0.2, -0.15) is 9.57 Å². The highest BCUT2D eigenvalue weighted by molar-refractivity contribution is 7.89. The van der Waals surface area contributed by atoms with E-state index in [-0.39, 0.29) is 23.3 Å². The molecule has 0 radical (unpaired) electrons. The van der Waals surface area contributed by atoms with Gasteiger partial charge in [-0.25, -0.2) is 8.42 Å². The van der Waals surface area contributed by atoms with E-state index < -0.39 is 10.0 Å². The van der Waals surface area contributed by atoms with Crippen LogP contribution in [0, 0.1) is 18.3 Å². The third kappa shape index (κ3) is 3.13. The summed E-state index contributed by atoms with van der Waals surface area (Å²) in [6, 6.07) is 6.63. The number of aryl methyl sites for hydroxylation is 1. The Hall–Kier alpha value is -1.13. The molecule has 1 saturated heterocycles. The van der Waals surface area contributed by atoms with Crippen molar-refractivity contribution in [3.05, 3.63) is 29.3 Å². The highest BCUT2D eigenvalue weighted by atomic mass is 35.5. The molecular weight excluding hydrogens is 298 g/mol. The van der Waals surface area contributed by atoms with Crippen LogP contribution in [0.2, 0.25) is 0 Å². The third-order valence-corrected chi connectivity index (χ3v) is 5.37. The highest BCUT2D eigenvalue weighted by Gasteiger charge is 2.30. The molecule has 0 amide bonds. The van der Waals surface area contributed by atoms with Crippen molar-refractivity contribution in [3.63, 3.8) is 0 Å². The standard InChI is InChI=1S/C13H17N3O2S.ClH/c1-10-7-13(4-3-12(10)8-14)19(17,18)16-6-5-15-9-11(16)2;/h3-4,7,11,15H,5-6,9H2,1-2H3;1H/t11-;/m1./s1. The second-order valence-corrected chi connectivity index (χ2v) is 6.65. The molecule has 1 aromatic rings. The van der Waals surface area contributed by atoms with Gasteiger partial charge < -0.3 is 5.32 Å². The van der Waals surface area contributed by atoms with Gasteiger partial charge in [0.1, 0.15) is 0 Å². The van der Waals surface area contributed by atoms with E-state index in [1.807, 2.05) is 13.0 Å². The second kappa shape index (κ2) is 6.55. The molecule has 1 fully saturated rings. The molecule has 5 nitrogen and oxygen atoms in total. The first kappa shape index (κ1) is 16.9. The topological polar surface area (TPSA) is 73.2 Å². The van der Waals surface area contributed by atoms with E-state index in [4.69, 9.17) is 5.26 Å². The van der Waals surface area contributed by atoms with Gasteiger partial charge in [-0.1, -0.05) is 0 Å². The van der Waals surface area contributed by atoms with Crippen LogP contribution < -0.4 is 5.32 Å². The van der Waals surface area contributed by atoms with E-state index in [0.29, 0.717) is 30.8 Å². The summed E-state index contributed by atoms with van der Waals surface area (Å²) in [6.45, 7) is 5.44. The number of benzene rings is 1. The molecule has 0 bridgehead atoms. The van der Waals surface area contributed by atoms with Crippen molar-refractivity contribution in [1.82, 2.24) is 9.62 Å². The Labute approximate surface area is 126 Å². The molecule has 20 heavy (non-hydrogen) atoms. The minimum atomic E-state index is -3.47. The van der Waals surface area contributed by atoms with Gasteiger partial charge in [0.15, 0.2) is 0 Å². The summed E-state index contributed by atoms with van der Waals surface area (Å²) in [5.74, 6) is 0. The molecule has 0 unspecified atom stereocenters. The van der Waals surface area contributed by atoms with E-state index in [1.165, 1.54) is 10.4 Å². The first-order chi connectivity index (χ1) is 8.96. The average Bonchev–Trinajstić information content (AvgIpc) is 2.39. The van der Waals surface area contributed by atoms with Crippen LogP contribution in [-0.4, -0.2) is 38.4 Å². The van der Waals surface area contributed by atoms with Crippen molar-refractivity contribution in [3.8, 4) is 6.07 Å².